The highest BCUT2D eigenvalue weighted by Gasteiger charge is 2.21. The number of benzene rings is 1. The summed E-state index contributed by atoms with van der Waals surface area (Å²) < 4.78 is 0.986. The van der Waals surface area contributed by atoms with Gasteiger partial charge in [-0.2, -0.15) is 0 Å². The van der Waals surface area contributed by atoms with Crippen molar-refractivity contribution in [3.05, 3.63) is 33.4 Å². The van der Waals surface area contributed by atoms with Gasteiger partial charge in [0.1, 0.15) is 0 Å². The van der Waals surface area contributed by atoms with Crippen molar-refractivity contribution in [3.8, 4) is 0 Å². The Morgan fingerprint density at radius 1 is 1.44 bits per heavy atom. The largest absolute Gasteiger partial charge is 0.481 e. The average molecular weight is 361 g/mol. The molecule has 0 aliphatic rings. The second-order valence-electron chi connectivity index (χ2n) is 4.05. The normalized spacial score (nSPS) is 11.9. The van der Waals surface area contributed by atoms with Crippen molar-refractivity contribution in [2.75, 3.05) is 6.54 Å². The lowest BCUT2D eigenvalue weighted by Gasteiger charge is -2.27. The molecule has 0 spiro atoms. The molecular formula is C13H16INO3. The molecule has 1 aromatic rings. The number of nitrogens with zero attached hydrogens (tertiary/aromatic N) is 1. The monoisotopic (exact) mass is 361 g/mol. The molecule has 0 radical (unpaired) electrons. The van der Waals surface area contributed by atoms with Gasteiger partial charge in [-0.15, -0.1) is 0 Å². The minimum atomic E-state index is -0.892. The van der Waals surface area contributed by atoms with E-state index in [4.69, 9.17) is 5.11 Å². The van der Waals surface area contributed by atoms with Gasteiger partial charge in [-0.25, -0.2) is 0 Å². The highest BCUT2D eigenvalue weighted by Crippen LogP contribution is 2.13. The Morgan fingerprint density at radius 2 is 2.11 bits per heavy atom. The van der Waals surface area contributed by atoms with Gasteiger partial charge in [0, 0.05) is 21.7 Å². The fourth-order valence-corrected chi connectivity index (χ4v) is 2.35. The highest BCUT2D eigenvalue weighted by atomic mass is 127. The first-order valence-corrected chi connectivity index (χ1v) is 6.82. The fraction of sp³-hybridized carbons (Fsp3) is 0.385. The van der Waals surface area contributed by atoms with E-state index < -0.39 is 5.97 Å². The van der Waals surface area contributed by atoms with Crippen molar-refractivity contribution in [2.45, 2.75) is 26.3 Å². The van der Waals surface area contributed by atoms with Gasteiger partial charge < -0.3 is 10.0 Å². The lowest BCUT2D eigenvalue weighted by Crippen LogP contribution is -2.39. The first-order chi connectivity index (χ1) is 8.45. The molecule has 0 saturated heterocycles. The quantitative estimate of drug-likeness (QED) is 0.821. The van der Waals surface area contributed by atoms with Gasteiger partial charge in [0.25, 0.3) is 5.91 Å². The van der Waals surface area contributed by atoms with Crippen LogP contribution in [-0.2, 0) is 4.79 Å². The van der Waals surface area contributed by atoms with Crippen molar-refractivity contribution < 1.29 is 14.7 Å². The van der Waals surface area contributed by atoms with Crippen LogP contribution in [0.2, 0.25) is 0 Å². The van der Waals surface area contributed by atoms with E-state index in [1.807, 2.05) is 19.1 Å². The van der Waals surface area contributed by atoms with Gasteiger partial charge in [0.05, 0.1) is 6.42 Å². The molecular weight excluding hydrogens is 345 g/mol. The molecule has 1 rings (SSSR count). The molecule has 1 N–H and O–H groups in total. The van der Waals surface area contributed by atoms with Crippen molar-refractivity contribution in [2.24, 2.45) is 0 Å². The molecule has 0 aliphatic heterocycles. The Bertz CT molecular complexity index is 448. The minimum Gasteiger partial charge on any atom is -0.481 e. The van der Waals surface area contributed by atoms with Gasteiger partial charge in [-0.05, 0) is 54.6 Å². The van der Waals surface area contributed by atoms with Crippen LogP contribution in [0, 0.1) is 3.57 Å². The summed E-state index contributed by atoms with van der Waals surface area (Å²) >= 11 is 2.15. The van der Waals surface area contributed by atoms with Crippen molar-refractivity contribution >= 4 is 34.5 Å². The number of aliphatic carboxylic acids is 1. The molecule has 0 aromatic heterocycles. The number of amides is 1. The summed E-state index contributed by atoms with van der Waals surface area (Å²) in [7, 11) is 0. The molecule has 98 valence electrons. The topological polar surface area (TPSA) is 57.6 Å². The van der Waals surface area contributed by atoms with Crippen LogP contribution in [0.3, 0.4) is 0 Å². The Morgan fingerprint density at radius 3 is 2.61 bits per heavy atom. The maximum atomic E-state index is 12.3. The summed E-state index contributed by atoms with van der Waals surface area (Å²) in [4.78, 5) is 24.6. The number of carboxylic acid groups (broad SMARTS) is 1. The zero-order chi connectivity index (χ0) is 13.7. The number of hydrogen-bond acceptors (Lipinski definition) is 2. The Labute approximate surface area is 120 Å². The average Bonchev–Trinajstić information content (AvgIpc) is 2.28. The summed E-state index contributed by atoms with van der Waals surface area (Å²) in [6.45, 7) is 4.10. The summed E-state index contributed by atoms with van der Waals surface area (Å²) in [6, 6.07) is 6.98. The number of hydrogen-bond donors (Lipinski definition) is 1. The third kappa shape index (κ3) is 3.97. The SMILES string of the molecule is CCN(C(=O)c1cccc(I)c1)C(C)CC(=O)O. The summed E-state index contributed by atoms with van der Waals surface area (Å²) in [5, 5.41) is 8.79. The molecule has 5 heteroatoms. The molecule has 4 nitrogen and oxygen atoms in total. The second kappa shape index (κ2) is 6.72. The zero-order valence-electron chi connectivity index (χ0n) is 10.4. The van der Waals surface area contributed by atoms with Gasteiger partial charge in [0.2, 0.25) is 0 Å². The molecule has 1 unspecified atom stereocenters. The van der Waals surface area contributed by atoms with Crippen LogP contribution in [0.5, 0.6) is 0 Å². The van der Waals surface area contributed by atoms with Gasteiger partial charge >= 0.3 is 5.97 Å². The molecule has 1 aromatic carbocycles. The van der Waals surface area contributed by atoms with Crippen LogP contribution < -0.4 is 0 Å². The lowest BCUT2D eigenvalue weighted by atomic mass is 10.1. The van der Waals surface area contributed by atoms with E-state index in [1.54, 1.807) is 24.0 Å². The molecule has 1 amide bonds. The first kappa shape index (κ1) is 14.9. The predicted molar refractivity (Wildman–Crippen MR) is 77.6 cm³/mol. The van der Waals surface area contributed by atoms with Crippen LogP contribution in [0.4, 0.5) is 0 Å². The van der Waals surface area contributed by atoms with E-state index in [0.29, 0.717) is 12.1 Å². The van der Waals surface area contributed by atoms with Crippen molar-refractivity contribution in [3.63, 3.8) is 0 Å². The van der Waals surface area contributed by atoms with Crippen LogP contribution in [-0.4, -0.2) is 34.5 Å². The van der Waals surface area contributed by atoms with E-state index in [-0.39, 0.29) is 18.4 Å². The number of carbonyl (C=O) groups is 2. The molecule has 18 heavy (non-hydrogen) atoms. The highest BCUT2D eigenvalue weighted by molar-refractivity contribution is 14.1. The van der Waals surface area contributed by atoms with Crippen molar-refractivity contribution in [1.82, 2.24) is 4.90 Å². The number of rotatable bonds is 5. The number of carbonyl (C=O) groups excluding carboxylic acids is 1. The van der Waals surface area contributed by atoms with Crippen molar-refractivity contribution in [1.29, 1.82) is 0 Å². The second-order valence-corrected chi connectivity index (χ2v) is 5.29. The fourth-order valence-electron chi connectivity index (χ4n) is 1.81. The Kier molecular flexibility index (Phi) is 5.58. The number of halogens is 1. The Balaban J connectivity index is 2.88. The minimum absolute atomic E-state index is 0.0382. The van der Waals surface area contributed by atoms with Crippen LogP contribution in [0.15, 0.2) is 24.3 Å². The van der Waals surface area contributed by atoms with Gasteiger partial charge in [-0.3, -0.25) is 9.59 Å². The third-order valence-electron chi connectivity index (χ3n) is 2.68. The summed E-state index contributed by atoms with van der Waals surface area (Å²) in [5.74, 6) is -1.01. The van der Waals surface area contributed by atoms with E-state index in [0.717, 1.165) is 3.57 Å². The first-order valence-electron chi connectivity index (χ1n) is 5.74. The van der Waals surface area contributed by atoms with Gasteiger partial charge in [0.15, 0.2) is 0 Å². The smallest absolute Gasteiger partial charge is 0.305 e. The molecule has 0 aliphatic carbocycles. The van der Waals surface area contributed by atoms with Crippen LogP contribution >= 0.6 is 22.6 Å². The molecule has 0 heterocycles. The molecule has 1 atom stereocenters. The zero-order valence-corrected chi connectivity index (χ0v) is 12.5. The third-order valence-corrected chi connectivity index (χ3v) is 3.35. The van der Waals surface area contributed by atoms with E-state index >= 15 is 0 Å². The maximum absolute atomic E-state index is 12.3. The van der Waals surface area contributed by atoms with Crippen LogP contribution in [0.1, 0.15) is 30.6 Å². The molecule has 0 saturated carbocycles. The lowest BCUT2D eigenvalue weighted by molar-refractivity contribution is -0.138. The summed E-state index contributed by atoms with van der Waals surface area (Å²) in [6.07, 6.45) is -0.0382. The van der Waals surface area contributed by atoms with E-state index in [1.165, 1.54) is 0 Å². The van der Waals surface area contributed by atoms with E-state index in [9.17, 15) is 9.59 Å². The number of carboxylic acids is 1. The maximum Gasteiger partial charge on any atom is 0.305 e. The van der Waals surface area contributed by atoms with Gasteiger partial charge in [-0.1, -0.05) is 6.07 Å². The molecule has 0 fully saturated rings. The van der Waals surface area contributed by atoms with E-state index in [2.05, 4.69) is 22.6 Å². The standard InChI is InChI=1S/C13H16INO3/c1-3-15(9(2)7-12(16)17)13(18)10-5-4-6-11(14)8-10/h4-6,8-9H,3,7H2,1-2H3,(H,16,17). The Hall–Kier alpha value is -1.11. The summed E-state index contributed by atoms with van der Waals surface area (Å²) in [5.41, 5.74) is 0.598. The molecule has 0 bridgehead atoms. The van der Waals surface area contributed by atoms with Crippen LogP contribution in [0.25, 0.3) is 0 Å². The predicted octanol–water partition coefficient (Wildman–Crippen LogP) is 2.62.